The topological polar surface area (TPSA) is 84.4 Å². The molecule has 0 aliphatic rings. The van der Waals surface area contributed by atoms with Crippen molar-refractivity contribution in [3.8, 4) is 11.1 Å². The van der Waals surface area contributed by atoms with E-state index in [4.69, 9.17) is 10.8 Å². The zero-order valence-electron chi connectivity index (χ0n) is 10.7. The van der Waals surface area contributed by atoms with Crippen molar-refractivity contribution in [2.75, 3.05) is 19.3 Å². The Morgan fingerprint density at radius 2 is 2.05 bits per heavy atom. The van der Waals surface area contributed by atoms with E-state index in [-0.39, 0.29) is 0 Å². The molecule has 1 amide bonds. The van der Waals surface area contributed by atoms with Gasteiger partial charge in [-0.25, -0.2) is 4.79 Å². The average molecular weight is 260 g/mol. The van der Waals surface area contributed by atoms with Crippen LogP contribution in [0.15, 0.2) is 36.7 Å². The Bertz CT molecular complexity index is 562. The van der Waals surface area contributed by atoms with Crippen LogP contribution in [0.5, 0.6) is 0 Å². The molecule has 1 aromatic carbocycles. The van der Waals surface area contributed by atoms with Gasteiger partial charge in [-0.05, 0) is 17.7 Å². The second-order valence-electron chi connectivity index (χ2n) is 4.32. The molecule has 2 rings (SSSR count). The minimum atomic E-state index is -0.939. The summed E-state index contributed by atoms with van der Waals surface area (Å²) in [5, 5.41) is 13.0. The van der Waals surface area contributed by atoms with Gasteiger partial charge in [-0.2, -0.15) is 5.10 Å². The molecule has 0 aliphatic carbocycles. The summed E-state index contributed by atoms with van der Waals surface area (Å²) in [6.45, 7) is 0.927. The molecule has 19 heavy (non-hydrogen) atoms. The number of rotatable bonds is 4. The number of carboxylic acid groups (broad SMARTS) is 1. The van der Waals surface area contributed by atoms with Gasteiger partial charge in [0.05, 0.1) is 12.7 Å². The lowest BCUT2D eigenvalue weighted by molar-refractivity contribution is 0.154. The number of likely N-dealkylation sites (N-methyl/N-ethyl adjacent to an activating group) is 1. The Labute approximate surface area is 111 Å². The fourth-order valence-electron chi connectivity index (χ4n) is 1.66. The van der Waals surface area contributed by atoms with Crippen molar-refractivity contribution in [3.63, 3.8) is 0 Å². The number of aromatic nitrogens is 2. The van der Waals surface area contributed by atoms with Crippen LogP contribution in [-0.2, 0) is 6.54 Å². The lowest BCUT2D eigenvalue weighted by Gasteiger charge is -2.12. The van der Waals surface area contributed by atoms with Crippen LogP contribution in [0.3, 0.4) is 0 Å². The summed E-state index contributed by atoms with van der Waals surface area (Å²) >= 11 is 0. The van der Waals surface area contributed by atoms with Crippen molar-refractivity contribution in [3.05, 3.63) is 36.7 Å². The Kier molecular flexibility index (Phi) is 3.70. The average Bonchev–Trinajstić information content (AvgIpc) is 2.85. The maximum Gasteiger partial charge on any atom is 0.407 e. The van der Waals surface area contributed by atoms with Gasteiger partial charge in [0.2, 0.25) is 0 Å². The van der Waals surface area contributed by atoms with Crippen molar-refractivity contribution < 1.29 is 9.90 Å². The Balaban J connectivity index is 2.03. The van der Waals surface area contributed by atoms with E-state index in [1.54, 1.807) is 10.9 Å². The number of anilines is 1. The first kappa shape index (κ1) is 12.9. The molecule has 6 heteroatoms. The highest BCUT2D eigenvalue weighted by molar-refractivity contribution is 5.64. The van der Waals surface area contributed by atoms with E-state index in [1.165, 1.54) is 11.9 Å². The van der Waals surface area contributed by atoms with Crippen LogP contribution in [0, 0.1) is 0 Å². The Morgan fingerprint density at radius 1 is 1.37 bits per heavy atom. The standard InChI is InChI=1S/C13H16N4O2/c1-16(13(18)19)6-7-17-9-11(8-15-17)10-2-4-12(14)5-3-10/h2-5,8-9H,6-7,14H2,1H3,(H,18,19). The van der Waals surface area contributed by atoms with Crippen molar-refractivity contribution in [2.45, 2.75) is 6.54 Å². The fourth-order valence-corrected chi connectivity index (χ4v) is 1.66. The van der Waals surface area contributed by atoms with E-state index in [2.05, 4.69) is 5.10 Å². The van der Waals surface area contributed by atoms with E-state index >= 15 is 0 Å². The normalized spacial score (nSPS) is 10.4. The molecule has 100 valence electrons. The molecular weight excluding hydrogens is 244 g/mol. The van der Waals surface area contributed by atoms with Crippen LogP contribution >= 0.6 is 0 Å². The molecular formula is C13H16N4O2. The number of hydrogen-bond donors (Lipinski definition) is 2. The largest absolute Gasteiger partial charge is 0.465 e. The van der Waals surface area contributed by atoms with Gasteiger partial charge in [-0.15, -0.1) is 0 Å². The van der Waals surface area contributed by atoms with Crippen LogP contribution < -0.4 is 5.73 Å². The highest BCUT2D eigenvalue weighted by atomic mass is 16.4. The second-order valence-corrected chi connectivity index (χ2v) is 4.32. The minimum Gasteiger partial charge on any atom is -0.465 e. The van der Waals surface area contributed by atoms with Gasteiger partial charge in [0.15, 0.2) is 0 Å². The molecule has 0 atom stereocenters. The summed E-state index contributed by atoms with van der Waals surface area (Å²) in [5.74, 6) is 0. The molecule has 0 aliphatic heterocycles. The third kappa shape index (κ3) is 3.25. The highest BCUT2D eigenvalue weighted by Gasteiger charge is 2.06. The molecule has 0 saturated carbocycles. The van der Waals surface area contributed by atoms with Crippen LogP contribution in [0.2, 0.25) is 0 Å². The Hall–Kier alpha value is -2.50. The van der Waals surface area contributed by atoms with E-state index in [0.717, 1.165) is 16.8 Å². The number of nitrogens with zero attached hydrogens (tertiary/aromatic N) is 3. The number of hydrogen-bond acceptors (Lipinski definition) is 3. The molecule has 2 aromatic rings. The number of nitrogens with two attached hydrogens (primary N) is 1. The summed E-state index contributed by atoms with van der Waals surface area (Å²) in [6.07, 6.45) is 2.71. The number of nitrogen functional groups attached to an aromatic ring is 1. The second kappa shape index (κ2) is 5.43. The quantitative estimate of drug-likeness (QED) is 0.820. The maximum atomic E-state index is 10.7. The molecule has 6 nitrogen and oxygen atoms in total. The summed E-state index contributed by atoms with van der Waals surface area (Å²) in [4.78, 5) is 11.9. The number of amides is 1. The SMILES string of the molecule is CN(CCn1cc(-c2ccc(N)cc2)cn1)C(=O)O. The molecule has 0 saturated heterocycles. The van der Waals surface area contributed by atoms with Gasteiger partial charge in [0.25, 0.3) is 0 Å². The summed E-state index contributed by atoms with van der Waals surface area (Å²) < 4.78 is 1.73. The molecule has 0 unspecified atom stereocenters. The van der Waals surface area contributed by atoms with Crippen LogP contribution in [0.1, 0.15) is 0 Å². The van der Waals surface area contributed by atoms with E-state index in [9.17, 15) is 4.79 Å². The molecule has 0 spiro atoms. The molecule has 0 fully saturated rings. The first-order valence-electron chi connectivity index (χ1n) is 5.88. The molecule has 1 heterocycles. The third-order valence-electron chi connectivity index (χ3n) is 2.87. The van der Waals surface area contributed by atoms with Gasteiger partial charge in [0, 0.05) is 31.0 Å². The lowest BCUT2D eigenvalue weighted by atomic mass is 10.1. The monoisotopic (exact) mass is 260 g/mol. The predicted molar refractivity (Wildman–Crippen MR) is 72.7 cm³/mol. The lowest BCUT2D eigenvalue weighted by Crippen LogP contribution is -2.28. The molecule has 1 aromatic heterocycles. The fraction of sp³-hybridized carbons (Fsp3) is 0.231. The smallest absolute Gasteiger partial charge is 0.407 e. The summed E-state index contributed by atoms with van der Waals surface area (Å²) in [7, 11) is 1.53. The minimum absolute atomic E-state index is 0.401. The highest BCUT2D eigenvalue weighted by Crippen LogP contribution is 2.19. The van der Waals surface area contributed by atoms with Gasteiger partial charge in [0.1, 0.15) is 0 Å². The van der Waals surface area contributed by atoms with E-state index in [0.29, 0.717) is 13.1 Å². The molecule has 0 bridgehead atoms. The zero-order chi connectivity index (χ0) is 13.8. The van der Waals surface area contributed by atoms with Crippen molar-refractivity contribution >= 4 is 11.8 Å². The van der Waals surface area contributed by atoms with Gasteiger partial charge in [-0.3, -0.25) is 4.68 Å². The summed E-state index contributed by atoms with van der Waals surface area (Å²) in [5.41, 5.74) is 8.38. The van der Waals surface area contributed by atoms with Crippen LogP contribution in [0.4, 0.5) is 10.5 Å². The van der Waals surface area contributed by atoms with E-state index in [1.807, 2.05) is 30.5 Å². The molecule has 3 N–H and O–H groups in total. The van der Waals surface area contributed by atoms with Crippen LogP contribution in [0.25, 0.3) is 11.1 Å². The first-order valence-corrected chi connectivity index (χ1v) is 5.88. The number of carbonyl (C=O) groups is 1. The van der Waals surface area contributed by atoms with Gasteiger partial charge < -0.3 is 15.7 Å². The predicted octanol–water partition coefficient (Wildman–Crippen LogP) is 1.74. The number of benzene rings is 1. The zero-order valence-corrected chi connectivity index (χ0v) is 10.7. The summed E-state index contributed by atoms with van der Waals surface area (Å²) in [6, 6.07) is 7.54. The van der Waals surface area contributed by atoms with Gasteiger partial charge >= 0.3 is 6.09 Å². The van der Waals surface area contributed by atoms with Crippen molar-refractivity contribution in [1.29, 1.82) is 0 Å². The maximum absolute atomic E-state index is 10.7. The van der Waals surface area contributed by atoms with Crippen molar-refractivity contribution in [2.24, 2.45) is 0 Å². The van der Waals surface area contributed by atoms with E-state index < -0.39 is 6.09 Å². The first-order chi connectivity index (χ1) is 9.06. The van der Waals surface area contributed by atoms with Crippen LogP contribution in [-0.4, -0.2) is 39.5 Å². The third-order valence-corrected chi connectivity index (χ3v) is 2.87. The van der Waals surface area contributed by atoms with Gasteiger partial charge in [-0.1, -0.05) is 12.1 Å². The molecule has 0 radical (unpaired) electrons. The Morgan fingerprint density at radius 3 is 2.68 bits per heavy atom. The van der Waals surface area contributed by atoms with Crippen molar-refractivity contribution in [1.82, 2.24) is 14.7 Å².